The van der Waals surface area contributed by atoms with Crippen LogP contribution < -0.4 is 5.32 Å². The SMILES string of the molecule is Cc1nc(NC(C)(C)CCO)ccc1C(=O)O. The van der Waals surface area contributed by atoms with Gasteiger partial charge in [0.15, 0.2) is 0 Å². The van der Waals surface area contributed by atoms with E-state index in [1.807, 2.05) is 13.8 Å². The first-order chi connectivity index (χ1) is 7.85. The molecule has 0 aromatic carbocycles. The van der Waals surface area contributed by atoms with Gasteiger partial charge in [0.25, 0.3) is 0 Å². The molecule has 0 spiro atoms. The summed E-state index contributed by atoms with van der Waals surface area (Å²) in [6.07, 6.45) is 0.592. The van der Waals surface area contributed by atoms with Crippen LogP contribution in [0.5, 0.6) is 0 Å². The summed E-state index contributed by atoms with van der Waals surface area (Å²) in [5.74, 6) is -0.359. The van der Waals surface area contributed by atoms with Gasteiger partial charge in [0.1, 0.15) is 5.82 Å². The molecular weight excluding hydrogens is 220 g/mol. The molecule has 0 atom stereocenters. The molecule has 0 unspecified atom stereocenters. The molecule has 5 nitrogen and oxygen atoms in total. The van der Waals surface area contributed by atoms with Gasteiger partial charge in [0.05, 0.1) is 11.3 Å². The second kappa shape index (κ2) is 5.14. The number of anilines is 1. The Morgan fingerprint density at radius 1 is 1.47 bits per heavy atom. The monoisotopic (exact) mass is 238 g/mol. The highest BCUT2D eigenvalue weighted by Gasteiger charge is 2.18. The Morgan fingerprint density at radius 2 is 2.12 bits per heavy atom. The Balaban J connectivity index is 2.88. The molecule has 3 N–H and O–H groups in total. The van der Waals surface area contributed by atoms with Crippen molar-refractivity contribution in [1.29, 1.82) is 0 Å². The number of pyridine rings is 1. The van der Waals surface area contributed by atoms with Crippen LogP contribution in [0.2, 0.25) is 0 Å². The zero-order valence-electron chi connectivity index (χ0n) is 10.3. The smallest absolute Gasteiger partial charge is 0.337 e. The molecule has 0 aliphatic heterocycles. The number of hydrogen-bond acceptors (Lipinski definition) is 4. The van der Waals surface area contributed by atoms with E-state index in [2.05, 4.69) is 10.3 Å². The minimum Gasteiger partial charge on any atom is -0.478 e. The van der Waals surface area contributed by atoms with Crippen LogP contribution in [-0.4, -0.2) is 33.3 Å². The number of aromatic nitrogens is 1. The highest BCUT2D eigenvalue weighted by Crippen LogP contribution is 2.17. The van der Waals surface area contributed by atoms with E-state index in [4.69, 9.17) is 10.2 Å². The summed E-state index contributed by atoms with van der Waals surface area (Å²) in [5.41, 5.74) is 0.400. The summed E-state index contributed by atoms with van der Waals surface area (Å²) in [7, 11) is 0. The van der Waals surface area contributed by atoms with Crippen molar-refractivity contribution < 1.29 is 15.0 Å². The van der Waals surface area contributed by atoms with E-state index in [9.17, 15) is 4.79 Å². The summed E-state index contributed by atoms with van der Waals surface area (Å²) >= 11 is 0. The van der Waals surface area contributed by atoms with E-state index >= 15 is 0 Å². The Hall–Kier alpha value is -1.62. The van der Waals surface area contributed by atoms with Gasteiger partial charge in [-0.3, -0.25) is 0 Å². The maximum Gasteiger partial charge on any atom is 0.337 e. The van der Waals surface area contributed by atoms with Crippen molar-refractivity contribution in [3.8, 4) is 0 Å². The third-order valence-corrected chi connectivity index (χ3v) is 2.52. The number of nitrogens with one attached hydrogen (secondary N) is 1. The largest absolute Gasteiger partial charge is 0.478 e. The van der Waals surface area contributed by atoms with Crippen molar-refractivity contribution in [1.82, 2.24) is 4.98 Å². The molecule has 1 aromatic rings. The van der Waals surface area contributed by atoms with Gasteiger partial charge in [-0.2, -0.15) is 0 Å². The first-order valence-electron chi connectivity index (χ1n) is 5.46. The summed E-state index contributed by atoms with van der Waals surface area (Å²) in [6, 6.07) is 3.16. The topological polar surface area (TPSA) is 82.5 Å². The van der Waals surface area contributed by atoms with E-state index in [0.717, 1.165) is 0 Å². The van der Waals surface area contributed by atoms with Crippen LogP contribution in [0.25, 0.3) is 0 Å². The maximum atomic E-state index is 10.8. The standard InChI is InChI=1S/C12H18N2O3/c1-8-9(11(16)17)4-5-10(13-8)14-12(2,3)6-7-15/h4-5,15H,6-7H2,1-3H3,(H,13,14)(H,16,17). The van der Waals surface area contributed by atoms with Crippen molar-refractivity contribution in [2.75, 3.05) is 11.9 Å². The third-order valence-electron chi connectivity index (χ3n) is 2.52. The molecule has 0 aliphatic rings. The number of hydrogen-bond donors (Lipinski definition) is 3. The zero-order valence-corrected chi connectivity index (χ0v) is 10.3. The van der Waals surface area contributed by atoms with Crippen molar-refractivity contribution in [3.05, 3.63) is 23.4 Å². The molecule has 17 heavy (non-hydrogen) atoms. The molecular formula is C12H18N2O3. The first kappa shape index (κ1) is 13.4. The van der Waals surface area contributed by atoms with E-state index in [1.165, 1.54) is 6.07 Å². The quantitative estimate of drug-likeness (QED) is 0.726. The molecule has 0 fully saturated rings. The van der Waals surface area contributed by atoms with E-state index in [-0.39, 0.29) is 17.7 Å². The molecule has 0 amide bonds. The van der Waals surface area contributed by atoms with E-state index < -0.39 is 5.97 Å². The molecule has 0 radical (unpaired) electrons. The van der Waals surface area contributed by atoms with Crippen molar-refractivity contribution in [2.24, 2.45) is 0 Å². The average Bonchev–Trinajstić information content (AvgIpc) is 2.15. The summed E-state index contributed by atoms with van der Waals surface area (Å²) in [6.45, 7) is 5.65. The molecule has 0 saturated carbocycles. The normalized spacial score (nSPS) is 11.3. The van der Waals surface area contributed by atoms with Gasteiger partial charge in [0.2, 0.25) is 0 Å². The fraction of sp³-hybridized carbons (Fsp3) is 0.500. The lowest BCUT2D eigenvalue weighted by Crippen LogP contribution is -2.32. The summed E-state index contributed by atoms with van der Waals surface area (Å²) in [5, 5.41) is 21.0. The summed E-state index contributed by atoms with van der Waals surface area (Å²) in [4.78, 5) is 15.0. The molecule has 1 rings (SSSR count). The van der Waals surface area contributed by atoms with Crippen molar-refractivity contribution in [2.45, 2.75) is 32.7 Å². The minimum absolute atomic E-state index is 0.0895. The third kappa shape index (κ3) is 3.71. The Kier molecular flexibility index (Phi) is 4.07. The Morgan fingerprint density at radius 3 is 2.59 bits per heavy atom. The molecule has 0 bridgehead atoms. The predicted octanol–water partition coefficient (Wildman–Crippen LogP) is 1.66. The van der Waals surface area contributed by atoms with Gasteiger partial charge < -0.3 is 15.5 Å². The summed E-state index contributed by atoms with van der Waals surface area (Å²) < 4.78 is 0. The average molecular weight is 238 g/mol. The van der Waals surface area contributed by atoms with Crippen LogP contribution in [-0.2, 0) is 0 Å². The predicted molar refractivity (Wildman–Crippen MR) is 65.3 cm³/mol. The molecule has 1 aromatic heterocycles. The van der Waals surface area contributed by atoms with Gasteiger partial charge in [-0.1, -0.05) is 0 Å². The number of aryl methyl sites for hydroxylation is 1. The fourth-order valence-corrected chi connectivity index (χ4v) is 1.55. The Labute approximate surface area is 101 Å². The van der Waals surface area contributed by atoms with Gasteiger partial charge in [-0.25, -0.2) is 9.78 Å². The van der Waals surface area contributed by atoms with Crippen LogP contribution >= 0.6 is 0 Å². The molecule has 5 heteroatoms. The molecule has 0 saturated heterocycles. The highest BCUT2D eigenvalue weighted by atomic mass is 16.4. The number of rotatable bonds is 5. The lowest BCUT2D eigenvalue weighted by atomic mass is 10.0. The van der Waals surface area contributed by atoms with Crippen molar-refractivity contribution in [3.63, 3.8) is 0 Å². The molecule has 1 heterocycles. The van der Waals surface area contributed by atoms with Crippen molar-refractivity contribution >= 4 is 11.8 Å². The maximum absolute atomic E-state index is 10.8. The number of carboxylic acids is 1. The lowest BCUT2D eigenvalue weighted by molar-refractivity contribution is 0.0695. The first-order valence-corrected chi connectivity index (χ1v) is 5.46. The van der Waals surface area contributed by atoms with Gasteiger partial charge in [-0.15, -0.1) is 0 Å². The van der Waals surface area contributed by atoms with Crippen LogP contribution in [0.1, 0.15) is 36.3 Å². The number of aliphatic hydroxyl groups is 1. The lowest BCUT2D eigenvalue weighted by Gasteiger charge is -2.26. The van der Waals surface area contributed by atoms with Crippen LogP contribution in [0.15, 0.2) is 12.1 Å². The van der Waals surface area contributed by atoms with Gasteiger partial charge in [0, 0.05) is 12.1 Å². The number of aliphatic hydroxyl groups excluding tert-OH is 1. The Bertz CT molecular complexity index is 416. The van der Waals surface area contributed by atoms with Crippen LogP contribution in [0.3, 0.4) is 0 Å². The number of nitrogens with zero attached hydrogens (tertiary/aromatic N) is 1. The number of aromatic carboxylic acids is 1. The van der Waals surface area contributed by atoms with E-state index in [0.29, 0.717) is 17.9 Å². The van der Waals surface area contributed by atoms with Crippen LogP contribution in [0.4, 0.5) is 5.82 Å². The van der Waals surface area contributed by atoms with Gasteiger partial charge in [-0.05, 0) is 39.3 Å². The molecule has 94 valence electrons. The van der Waals surface area contributed by atoms with E-state index in [1.54, 1.807) is 13.0 Å². The highest BCUT2D eigenvalue weighted by molar-refractivity contribution is 5.89. The minimum atomic E-state index is -0.976. The zero-order chi connectivity index (χ0) is 13.1. The van der Waals surface area contributed by atoms with Gasteiger partial charge >= 0.3 is 5.97 Å². The number of carboxylic acid groups (broad SMARTS) is 1. The fourth-order valence-electron chi connectivity index (χ4n) is 1.55. The second-order valence-electron chi connectivity index (χ2n) is 4.62. The number of carbonyl (C=O) groups is 1. The second-order valence-corrected chi connectivity index (χ2v) is 4.62. The van der Waals surface area contributed by atoms with Crippen LogP contribution in [0, 0.1) is 6.92 Å². The molecule has 0 aliphatic carbocycles.